The fourth-order valence-corrected chi connectivity index (χ4v) is 5.50. The van der Waals surface area contributed by atoms with E-state index in [1.54, 1.807) is 6.33 Å². The Bertz CT molecular complexity index is 1120. The first kappa shape index (κ1) is 17.6. The van der Waals surface area contributed by atoms with Gasteiger partial charge in [-0.05, 0) is 48.4 Å². The summed E-state index contributed by atoms with van der Waals surface area (Å²) in [7, 11) is -1.34. The van der Waals surface area contributed by atoms with Crippen LogP contribution in [0.2, 0.25) is 19.6 Å². The lowest BCUT2D eigenvalue weighted by Crippen LogP contribution is -2.39. The standard InChI is InChI=1S/C23H23N3Si/c1-16-13-19(6-8-22(16)27(2,3)4)23-20-7-5-18(14-21(20)25-15-26-23)17-9-11-24-12-10-17/h5-15H,1-4H3. The number of nitrogens with zero attached hydrogens (tertiary/aromatic N) is 3. The first-order chi connectivity index (χ1) is 12.9. The van der Waals surface area contributed by atoms with E-state index in [4.69, 9.17) is 0 Å². The van der Waals surface area contributed by atoms with Crippen LogP contribution in [0.3, 0.4) is 0 Å². The van der Waals surface area contributed by atoms with Crippen LogP contribution >= 0.6 is 0 Å². The fourth-order valence-electron chi connectivity index (χ4n) is 3.66. The molecule has 0 bridgehead atoms. The highest BCUT2D eigenvalue weighted by Gasteiger charge is 2.19. The highest BCUT2D eigenvalue weighted by Crippen LogP contribution is 2.29. The highest BCUT2D eigenvalue weighted by atomic mass is 28.3. The molecule has 0 aliphatic heterocycles. The molecule has 2 aromatic heterocycles. The third-order valence-electron chi connectivity index (χ3n) is 4.96. The van der Waals surface area contributed by atoms with Gasteiger partial charge in [0.2, 0.25) is 0 Å². The molecule has 0 atom stereocenters. The topological polar surface area (TPSA) is 38.7 Å². The summed E-state index contributed by atoms with van der Waals surface area (Å²) in [6, 6.07) is 17.2. The lowest BCUT2D eigenvalue weighted by atomic mass is 10.0. The average molecular weight is 370 g/mol. The number of hydrogen-bond donors (Lipinski definition) is 0. The molecule has 0 radical (unpaired) electrons. The van der Waals surface area contributed by atoms with Gasteiger partial charge in [-0.2, -0.15) is 0 Å². The molecule has 0 N–H and O–H groups in total. The number of rotatable bonds is 3. The Morgan fingerprint density at radius 3 is 2.19 bits per heavy atom. The lowest BCUT2D eigenvalue weighted by molar-refractivity contribution is 1.22. The Labute approximate surface area is 161 Å². The molecule has 2 heterocycles. The molecule has 0 saturated heterocycles. The number of pyridine rings is 1. The molecular formula is C23H23N3Si. The minimum atomic E-state index is -1.34. The van der Waals surface area contributed by atoms with E-state index < -0.39 is 8.07 Å². The summed E-state index contributed by atoms with van der Waals surface area (Å²) in [5.74, 6) is 0. The van der Waals surface area contributed by atoms with Crippen LogP contribution in [0.15, 0.2) is 67.3 Å². The number of fused-ring (bicyclic) bond motifs is 1. The third kappa shape index (κ3) is 3.40. The summed E-state index contributed by atoms with van der Waals surface area (Å²) in [6.45, 7) is 9.36. The molecule has 0 spiro atoms. The van der Waals surface area contributed by atoms with Gasteiger partial charge in [-0.3, -0.25) is 4.98 Å². The van der Waals surface area contributed by atoms with E-state index >= 15 is 0 Å². The number of benzene rings is 2. The normalized spacial score (nSPS) is 11.7. The second-order valence-electron chi connectivity index (χ2n) is 7.97. The molecule has 0 fully saturated rings. The third-order valence-corrected chi connectivity index (χ3v) is 7.14. The van der Waals surface area contributed by atoms with Crippen LogP contribution in [0.4, 0.5) is 0 Å². The van der Waals surface area contributed by atoms with Gasteiger partial charge in [0.1, 0.15) is 6.33 Å². The Morgan fingerprint density at radius 1 is 0.741 bits per heavy atom. The summed E-state index contributed by atoms with van der Waals surface area (Å²) < 4.78 is 0. The molecule has 2 aromatic carbocycles. The van der Waals surface area contributed by atoms with Crippen molar-refractivity contribution in [2.45, 2.75) is 26.6 Å². The van der Waals surface area contributed by atoms with Gasteiger partial charge in [0, 0.05) is 23.3 Å². The van der Waals surface area contributed by atoms with Crippen molar-refractivity contribution in [3.8, 4) is 22.4 Å². The highest BCUT2D eigenvalue weighted by molar-refractivity contribution is 6.89. The average Bonchev–Trinajstić information content (AvgIpc) is 2.66. The number of aryl methyl sites for hydroxylation is 1. The van der Waals surface area contributed by atoms with E-state index in [0.717, 1.165) is 33.3 Å². The quantitative estimate of drug-likeness (QED) is 0.465. The van der Waals surface area contributed by atoms with Gasteiger partial charge in [-0.1, -0.05) is 48.6 Å². The molecule has 0 aliphatic rings. The van der Waals surface area contributed by atoms with Crippen molar-refractivity contribution >= 4 is 24.2 Å². The van der Waals surface area contributed by atoms with Crippen molar-refractivity contribution in [2.24, 2.45) is 0 Å². The zero-order chi connectivity index (χ0) is 19.0. The minimum Gasteiger partial charge on any atom is -0.265 e. The van der Waals surface area contributed by atoms with Crippen LogP contribution in [0.5, 0.6) is 0 Å². The Morgan fingerprint density at radius 2 is 1.48 bits per heavy atom. The SMILES string of the molecule is Cc1cc(-c2ncnc3cc(-c4ccncc4)ccc23)ccc1[Si](C)(C)C. The summed E-state index contributed by atoms with van der Waals surface area (Å²) in [4.78, 5) is 13.2. The molecule has 0 aliphatic carbocycles. The summed E-state index contributed by atoms with van der Waals surface area (Å²) in [5, 5.41) is 2.58. The Hall–Kier alpha value is -2.85. The maximum atomic E-state index is 4.60. The molecule has 134 valence electrons. The molecule has 4 aromatic rings. The van der Waals surface area contributed by atoms with Crippen molar-refractivity contribution in [1.29, 1.82) is 0 Å². The molecule has 0 unspecified atom stereocenters. The van der Waals surface area contributed by atoms with Crippen LogP contribution in [0.25, 0.3) is 33.3 Å². The van der Waals surface area contributed by atoms with Gasteiger partial charge >= 0.3 is 0 Å². The first-order valence-corrected chi connectivity index (χ1v) is 12.7. The smallest absolute Gasteiger partial charge is 0.116 e. The molecule has 0 saturated carbocycles. The van der Waals surface area contributed by atoms with Gasteiger partial charge in [0.25, 0.3) is 0 Å². The van der Waals surface area contributed by atoms with Crippen LogP contribution in [-0.2, 0) is 0 Å². The van der Waals surface area contributed by atoms with E-state index in [-0.39, 0.29) is 0 Å². The van der Waals surface area contributed by atoms with Gasteiger partial charge in [-0.25, -0.2) is 9.97 Å². The van der Waals surface area contributed by atoms with Crippen molar-refractivity contribution in [3.05, 3.63) is 72.8 Å². The zero-order valence-corrected chi connectivity index (χ0v) is 17.2. The molecule has 4 heteroatoms. The predicted octanol–water partition coefficient (Wildman–Crippen LogP) is 5.21. The van der Waals surface area contributed by atoms with Crippen LogP contribution in [0.1, 0.15) is 5.56 Å². The van der Waals surface area contributed by atoms with E-state index in [0.29, 0.717) is 0 Å². The van der Waals surface area contributed by atoms with Crippen molar-refractivity contribution in [3.63, 3.8) is 0 Å². The number of aromatic nitrogens is 3. The summed E-state index contributed by atoms with van der Waals surface area (Å²) in [6.07, 6.45) is 5.29. The number of hydrogen-bond acceptors (Lipinski definition) is 3. The fraction of sp³-hybridized carbons (Fsp3) is 0.174. The summed E-state index contributed by atoms with van der Waals surface area (Å²) >= 11 is 0. The van der Waals surface area contributed by atoms with Gasteiger partial charge in [0.05, 0.1) is 19.3 Å². The van der Waals surface area contributed by atoms with E-state index in [9.17, 15) is 0 Å². The van der Waals surface area contributed by atoms with Gasteiger partial charge in [0.15, 0.2) is 0 Å². The molecule has 4 rings (SSSR count). The summed E-state index contributed by atoms with van der Waals surface area (Å²) in [5.41, 5.74) is 6.74. The molecule has 27 heavy (non-hydrogen) atoms. The van der Waals surface area contributed by atoms with E-state index in [2.05, 4.69) is 77.9 Å². The first-order valence-electron chi connectivity index (χ1n) is 9.20. The second kappa shape index (κ2) is 6.71. The maximum Gasteiger partial charge on any atom is 0.116 e. The van der Waals surface area contributed by atoms with Crippen LogP contribution < -0.4 is 5.19 Å². The van der Waals surface area contributed by atoms with Crippen LogP contribution in [0, 0.1) is 6.92 Å². The monoisotopic (exact) mass is 369 g/mol. The van der Waals surface area contributed by atoms with E-state index in [1.165, 1.54) is 10.8 Å². The van der Waals surface area contributed by atoms with Crippen molar-refractivity contribution in [1.82, 2.24) is 15.0 Å². The van der Waals surface area contributed by atoms with Crippen LogP contribution in [-0.4, -0.2) is 23.0 Å². The van der Waals surface area contributed by atoms with Crippen molar-refractivity contribution < 1.29 is 0 Å². The molecular weight excluding hydrogens is 346 g/mol. The Balaban J connectivity index is 1.83. The van der Waals surface area contributed by atoms with E-state index in [1.807, 2.05) is 24.5 Å². The van der Waals surface area contributed by atoms with Crippen molar-refractivity contribution in [2.75, 3.05) is 0 Å². The minimum absolute atomic E-state index is 0.959. The van der Waals surface area contributed by atoms with Gasteiger partial charge < -0.3 is 0 Å². The Kier molecular flexibility index (Phi) is 4.36. The molecule has 3 nitrogen and oxygen atoms in total. The predicted molar refractivity (Wildman–Crippen MR) is 116 cm³/mol. The molecule has 0 amide bonds. The lowest BCUT2D eigenvalue weighted by Gasteiger charge is -2.20. The van der Waals surface area contributed by atoms with Gasteiger partial charge in [-0.15, -0.1) is 0 Å². The zero-order valence-electron chi connectivity index (χ0n) is 16.2. The maximum absolute atomic E-state index is 4.60. The largest absolute Gasteiger partial charge is 0.265 e. The second-order valence-corrected chi connectivity index (χ2v) is 13.0.